The summed E-state index contributed by atoms with van der Waals surface area (Å²) in [7, 11) is 1.64. The summed E-state index contributed by atoms with van der Waals surface area (Å²) in [6, 6.07) is 12.2. The van der Waals surface area contributed by atoms with Crippen LogP contribution in [-0.2, 0) is 6.42 Å². The van der Waals surface area contributed by atoms with E-state index in [1.165, 1.54) is 12.1 Å². The molecule has 0 aliphatic rings. The van der Waals surface area contributed by atoms with E-state index < -0.39 is 0 Å². The Morgan fingerprint density at radius 1 is 1.21 bits per heavy atom. The van der Waals surface area contributed by atoms with Crippen LogP contribution in [-0.4, -0.2) is 7.11 Å². The maximum absolute atomic E-state index is 13.2. The summed E-state index contributed by atoms with van der Waals surface area (Å²) in [4.78, 5) is 0. The third kappa shape index (κ3) is 3.32. The summed E-state index contributed by atoms with van der Waals surface area (Å²) >= 11 is 0. The van der Waals surface area contributed by atoms with Crippen LogP contribution in [0.15, 0.2) is 42.5 Å². The Labute approximate surface area is 113 Å². The van der Waals surface area contributed by atoms with Gasteiger partial charge in [0.05, 0.1) is 7.11 Å². The zero-order chi connectivity index (χ0) is 13.8. The van der Waals surface area contributed by atoms with E-state index in [4.69, 9.17) is 10.5 Å². The zero-order valence-electron chi connectivity index (χ0n) is 11.2. The van der Waals surface area contributed by atoms with Gasteiger partial charge in [-0.3, -0.25) is 0 Å². The molecule has 0 amide bonds. The normalized spacial score (nSPS) is 12.2. The second-order valence-corrected chi connectivity index (χ2v) is 4.68. The highest BCUT2D eigenvalue weighted by molar-refractivity contribution is 5.38. The van der Waals surface area contributed by atoms with Gasteiger partial charge in [-0.15, -0.1) is 0 Å². The number of benzene rings is 2. The van der Waals surface area contributed by atoms with E-state index in [-0.39, 0.29) is 11.9 Å². The van der Waals surface area contributed by atoms with Crippen LogP contribution in [0.2, 0.25) is 0 Å². The molecule has 0 heterocycles. The minimum absolute atomic E-state index is 0.244. The number of methoxy groups -OCH3 is 1. The molecule has 2 rings (SSSR count). The maximum Gasteiger partial charge on any atom is 0.123 e. The van der Waals surface area contributed by atoms with E-state index in [1.54, 1.807) is 13.2 Å². The molecule has 0 aliphatic heterocycles. The van der Waals surface area contributed by atoms with E-state index in [0.29, 0.717) is 6.42 Å². The summed E-state index contributed by atoms with van der Waals surface area (Å²) in [5.41, 5.74) is 9.14. The lowest BCUT2D eigenvalue weighted by atomic mass is 9.98. The van der Waals surface area contributed by atoms with Crippen molar-refractivity contribution in [1.82, 2.24) is 0 Å². The van der Waals surface area contributed by atoms with Gasteiger partial charge in [0.25, 0.3) is 0 Å². The molecule has 0 radical (unpaired) electrons. The Hall–Kier alpha value is -1.87. The van der Waals surface area contributed by atoms with Crippen molar-refractivity contribution in [3.63, 3.8) is 0 Å². The molecule has 19 heavy (non-hydrogen) atoms. The molecule has 2 nitrogen and oxygen atoms in total. The number of nitrogens with two attached hydrogens (primary N) is 1. The molecular weight excluding hydrogens is 241 g/mol. The third-order valence-electron chi connectivity index (χ3n) is 3.15. The highest BCUT2D eigenvalue weighted by Gasteiger charge is 2.11. The minimum atomic E-state index is -0.260. The van der Waals surface area contributed by atoms with Crippen LogP contribution in [0.25, 0.3) is 0 Å². The molecule has 1 atom stereocenters. The van der Waals surface area contributed by atoms with E-state index in [0.717, 1.165) is 22.4 Å². The number of hydrogen-bond acceptors (Lipinski definition) is 2. The quantitative estimate of drug-likeness (QED) is 0.913. The SMILES string of the molecule is COc1ccc(C)cc1CC(N)c1cccc(F)c1. The van der Waals surface area contributed by atoms with E-state index in [2.05, 4.69) is 6.07 Å². The molecule has 0 spiro atoms. The second-order valence-electron chi connectivity index (χ2n) is 4.68. The zero-order valence-corrected chi connectivity index (χ0v) is 11.2. The first kappa shape index (κ1) is 13.6. The summed E-state index contributed by atoms with van der Waals surface area (Å²) < 4.78 is 18.5. The molecule has 0 saturated heterocycles. The molecule has 2 aromatic rings. The Bertz CT molecular complexity index is 568. The van der Waals surface area contributed by atoms with Crippen molar-refractivity contribution >= 4 is 0 Å². The first-order valence-electron chi connectivity index (χ1n) is 6.24. The van der Waals surface area contributed by atoms with Gasteiger partial charge >= 0.3 is 0 Å². The molecule has 2 aromatic carbocycles. The highest BCUT2D eigenvalue weighted by atomic mass is 19.1. The van der Waals surface area contributed by atoms with Gasteiger partial charge in [0, 0.05) is 6.04 Å². The second kappa shape index (κ2) is 5.85. The van der Waals surface area contributed by atoms with Crippen LogP contribution in [0.1, 0.15) is 22.7 Å². The molecule has 0 saturated carbocycles. The predicted octanol–water partition coefficient (Wildman–Crippen LogP) is 3.39. The monoisotopic (exact) mass is 259 g/mol. The van der Waals surface area contributed by atoms with Crippen molar-refractivity contribution in [2.75, 3.05) is 7.11 Å². The van der Waals surface area contributed by atoms with Crippen LogP contribution in [0, 0.1) is 12.7 Å². The van der Waals surface area contributed by atoms with Crippen molar-refractivity contribution in [3.05, 3.63) is 65.0 Å². The largest absolute Gasteiger partial charge is 0.496 e. The first-order chi connectivity index (χ1) is 9.10. The van der Waals surface area contributed by atoms with Crippen LogP contribution in [0.4, 0.5) is 4.39 Å². The summed E-state index contributed by atoms with van der Waals surface area (Å²) in [6.07, 6.45) is 0.619. The summed E-state index contributed by atoms with van der Waals surface area (Å²) in [5.74, 6) is 0.557. The van der Waals surface area contributed by atoms with E-state index in [1.807, 2.05) is 25.1 Å². The minimum Gasteiger partial charge on any atom is -0.496 e. The predicted molar refractivity (Wildman–Crippen MR) is 74.8 cm³/mol. The van der Waals surface area contributed by atoms with Gasteiger partial charge in [-0.25, -0.2) is 4.39 Å². The lowest BCUT2D eigenvalue weighted by molar-refractivity contribution is 0.408. The topological polar surface area (TPSA) is 35.2 Å². The molecule has 0 aliphatic carbocycles. The molecule has 100 valence electrons. The Kier molecular flexibility index (Phi) is 4.17. The van der Waals surface area contributed by atoms with Crippen LogP contribution >= 0.6 is 0 Å². The molecule has 2 N–H and O–H groups in total. The Morgan fingerprint density at radius 2 is 2.00 bits per heavy atom. The molecule has 0 fully saturated rings. The van der Waals surface area contributed by atoms with Crippen molar-refractivity contribution in [1.29, 1.82) is 0 Å². The summed E-state index contributed by atoms with van der Waals surface area (Å²) in [5, 5.41) is 0. The average molecular weight is 259 g/mol. The molecule has 3 heteroatoms. The van der Waals surface area contributed by atoms with Gasteiger partial charge < -0.3 is 10.5 Å². The van der Waals surface area contributed by atoms with Gasteiger partial charge in [-0.1, -0.05) is 29.8 Å². The Morgan fingerprint density at radius 3 is 2.68 bits per heavy atom. The molecule has 1 unspecified atom stereocenters. The lowest BCUT2D eigenvalue weighted by Gasteiger charge is -2.15. The Balaban J connectivity index is 2.23. The van der Waals surface area contributed by atoms with E-state index >= 15 is 0 Å². The fourth-order valence-electron chi connectivity index (χ4n) is 2.16. The average Bonchev–Trinajstić information content (AvgIpc) is 2.39. The fraction of sp³-hybridized carbons (Fsp3) is 0.250. The maximum atomic E-state index is 13.2. The van der Waals surface area contributed by atoms with E-state index in [9.17, 15) is 4.39 Å². The first-order valence-corrected chi connectivity index (χ1v) is 6.24. The van der Waals surface area contributed by atoms with Crippen molar-refractivity contribution in [2.24, 2.45) is 5.73 Å². The van der Waals surface area contributed by atoms with Gasteiger partial charge in [0.2, 0.25) is 0 Å². The molecular formula is C16H18FNO. The standard InChI is InChI=1S/C16H18FNO/c1-11-6-7-16(19-2)13(8-11)10-15(18)12-4-3-5-14(17)9-12/h3-9,15H,10,18H2,1-2H3. The molecule has 0 bridgehead atoms. The van der Waals surface area contributed by atoms with Crippen molar-refractivity contribution in [2.45, 2.75) is 19.4 Å². The van der Waals surface area contributed by atoms with Gasteiger partial charge in [-0.05, 0) is 42.7 Å². The lowest BCUT2D eigenvalue weighted by Crippen LogP contribution is -2.14. The fourth-order valence-corrected chi connectivity index (χ4v) is 2.16. The van der Waals surface area contributed by atoms with Gasteiger partial charge in [0.1, 0.15) is 11.6 Å². The third-order valence-corrected chi connectivity index (χ3v) is 3.15. The van der Waals surface area contributed by atoms with Crippen LogP contribution < -0.4 is 10.5 Å². The van der Waals surface area contributed by atoms with Gasteiger partial charge in [-0.2, -0.15) is 0 Å². The van der Waals surface area contributed by atoms with Gasteiger partial charge in [0.15, 0.2) is 0 Å². The van der Waals surface area contributed by atoms with Crippen LogP contribution in [0.3, 0.4) is 0 Å². The number of halogens is 1. The van der Waals surface area contributed by atoms with Crippen molar-refractivity contribution in [3.8, 4) is 5.75 Å². The number of aryl methyl sites for hydroxylation is 1. The summed E-state index contributed by atoms with van der Waals surface area (Å²) in [6.45, 7) is 2.02. The smallest absolute Gasteiger partial charge is 0.123 e. The van der Waals surface area contributed by atoms with Crippen LogP contribution in [0.5, 0.6) is 5.75 Å². The highest BCUT2D eigenvalue weighted by Crippen LogP contribution is 2.25. The molecule has 0 aromatic heterocycles. The number of rotatable bonds is 4. The number of hydrogen-bond donors (Lipinski definition) is 1. The number of ether oxygens (including phenoxy) is 1. The van der Waals surface area contributed by atoms with Crippen molar-refractivity contribution < 1.29 is 9.13 Å².